The maximum Gasteiger partial charge on any atom is 0.501 e. The van der Waals surface area contributed by atoms with Gasteiger partial charge >= 0.3 is 5.51 Å². The Balaban J connectivity index is 0.677. The molecule has 4 aromatic carbocycles. The van der Waals surface area contributed by atoms with Crippen LogP contribution in [0.2, 0.25) is 0 Å². The number of allylic oxidation sites excluding steroid dienone is 1. The molecule has 8 aliphatic rings. The molecular weight excluding hydrogens is 1230 g/mol. The van der Waals surface area contributed by atoms with Crippen LogP contribution >= 0.6 is 11.8 Å². The predicted octanol–water partition coefficient (Wildman–Crippen LogP) is 9.04. The molecule has 18 nitrogen and oxygen atoms in total. The Hall–Kier alpha value is -6.45. The van der Waals surface area contributed by atoms with Gasteiger partial charge in [0.2, 0.25) is 18.2 Å². The van der Waals surface area contributed by atoms with Crippen molar-refractivity contribution in [3.8, 4) is 0 Å². The van der Waals surface area contributed by atoms with Gasteiger partial charge in [0, 0.05) is 117 Å². The molecule has 26 heteroatoms. The first-order valence-electron chi connectivity index (χ1n) is 30.8. The molecule has 4 aromatic rings. The number of nitrogens with one attached hydrogen (secondary N) is 4. The molecule has 90 heavy (non-hydrogen) atoms. The fourth-order valence-electron chi connectivity index (χ4n) is 14.2. The summed E-state index contributed by atoms with van der Waals surface area (Å²) < 4.78 is 127. The van der Waals surface area contributed by atoms with Crippen molar-refractivity contribution in [1.29, 1.82) is 0 Å². The molecule has 2 atom stereocenters. The number of sulfonamides is 1. The number of imide groups is 2. The van der Waals surface area contributed by atoms with Crippen LogP contribution in [0, 0.1) is 16.2 Å². The number of amides is 5. The summed E-state index contributed by atoms with van der Waals surface area (Å²) in [6, 6.07) is 21.2. The molecule has 5 amide bonds. The zero-order chi connectivity index (χ0) is 64.0. The summed E-state index contributed by atoms with van der Waals surface area (Å²) in [6.45, 7) is 12.8. The third-order valence-corrected chi connectivity index (χ3v) is 23.3. The molecule has 4 N–H and O–H groups in total. The van der Waals surface area contributed by atoms with Gasteiger partial charge in [-0.1, -0.05) is 49.3 Å². The zero-order valence-corrected chi connectivity index (χ0v) is 52.8. The first-order chi connectivity index (χ1) is 42.7. The van der Waals surface area contributed by atoms with Crippen molar-refractivity contribution in [3.63, 3.8) is 0 Å². The highest BCUT2D eigenvalue weighted by Gasteiger charge is 2.73. The van der Waals surface area contributed by atoms with Crippen LogP contribution in [0.15, 0.2) is 117 Å². The lowest BCUT2D eigenvalue weighted by Gasteiger charge is -2.72. The van der Waals surface area contributed by atoms with Crippen LogP contribution in [0.5, 0.6) is 0 Å². The van der Waals surface area contributed by atoms with E-state index in [1.54, 1.807) is 30.3 Å². The number of carbonyl (C=O) groups excluding carboxylic acids is 5. The number of alkyl halides is 5. The van der Waals surface area contributed by atoms with E-state index in [1.165, 1.54) is 35.0 Å². The third-order valence-electron chi connectivity index (χ3n) is 19.2. The average Bonchev–Trinajstić information content (AvgIpc) is 0.830. The molecule has 12 rings (SSSR count). The number of thioether (sulfide) groups is 1. The van der Waals surface area contributed by atoms with E-state index in [0.717, 1.165) is 99.0 Å². The number of hydrogen-bond donors (Lipinski definition) is 4. The number of unbranched alkanes of at least 4 members (excludes halogenated alkanes) is 1. The first-order valence-corrected chi connectivity index (χ1v) is 34.8. The SMILES string of the molecule is CC1(C)CCC(CN2CCN(c3ccc(C(=O)NS(=O)(=O)c4ccc(N[C@H](CCN5CCN(CCCCNc6cccc7c6C(=O)N(C6CCC(=O)NC6=O)C7=O)CC5)CSc5ccccc5)c(S(=O)(=O)C(F)(F)F)c4)cc3)CC2)=C(C23CC(C(F)F)(C2)C3)C1. The van der Waals surface area contributed by atoms with Crippen LogP contribution in [-0.2, 0) is 29.4 Å². The number of rotatable bonds is 24. The monoisotopic (exact) mass is 1310 g/mol. The lowest BCUT2D eigenvalue weighted by Crippen LogP contribution is -2.66. The van der Waals surface area contributed by atoms with E-state index in [9.17, 15) is 62.8 Å². The van der Waals surface area contributed by atoms with E-state index in [0.29, 0.717) is 82.5 Å². The molecule has 3 saturated heterocycles. The van der Waals surface area contributed by atoms with Crippen molar-refractivity contribution in [1.82, 2.24) is 29.6 Å². The highest BCUT2D eigenvalue weighted by Crippen LogP contribution is 2.79. The Bertz CT molecular complexity index is 3650. The third kappa shape index (κ3) is 13.7. The summed E-state index contributed by atoms with van der Waals surface area (Å²) in [5.41, 5.74) is -2.57. The topological polar surface area (TPSA) is 218 Å². The molecule has 0 radical (unpaired) electrons. The molecule has 484 valence electrons. The Kier molecular flexibility index (Phi) is 18.7. The van der Waals surface area contributed by atoms with E-state index in [1.807, 2.05) is 35.1 Å². The number of hydrogen-bond acceptors (Lipinski definition) is 16. The highest BCUT2D eigenvalue weighted by molar-refractivity contribution is 7.99. The molecule has 3 saturated carbocycles. The number of fused-ring (bicyclic) bond motifs is 1. The van der Waals surface area contributed by atoms with Gasteiger partial charge in [0.15, 0.2) is 0 Å². The normalized spacial score (nSPS) is 23.7. The fraction of sp³-hybridized carbons (Fsp3) is 0.516. The van der Waals surface area contributed by atoms with Crippen LogP contribution in [0.1, 0.15) is 116 Å². The number of piperidine rings is 1. The predicted molar refractivity (Wildman–Crippen MR) is 332 cm³/mol. The summed E-state index contributed by atoms with van der Waals surface area (Å²) in [6.07, 6.45) is 4.43. The smallest absolute Gasteiger partial charge is 0.384 e. The molecule has 1 unspecified atom stereocenters. The lowest BCUT2D eigenvalue weighted by molar-refractivity contribution is -0.250. The molecule has 2 bridgehead atoms. The minimum absolute atomic E-state index is 0.0198. The Morgan fingerprint density at radius 1 is 0.767 bits per heavy atom. The molecule has 0 spiro atoms. The number of halogens is 5. The maximum absolute atomic E-state index is 14.5. The van der Waals surface area contributed by atoms with Gasteiger partial charge in [-0.25, -0.2) is 30.3 Å². The van der Waals surface area contributed by atoms with Gasteiger partial charge < -0.3 is 25.3 Å². The van der Waals surface area contributed by atoms with Crippen LogP contribution in [-0.4, -0.2) is 174 Å². The summed E-state index contributed by atoms with van der Waals surface area (Å²) in [5.74, 6) is -3.07. The van der Waals surface area contributed by atoms with Crippen molar-refractivity contribution < 1.29 is 62.8 Å². The minimum atomic E-state index is -6.16. The number of piperazine rings is 2. The quantitative estimate of drug-likeness (QED) is 0.0169. The lowest BCUT2D eigenvalue weighted by atomic mass is 9.32. The van der Waals surface area contributed by atoms with Crippen molar-refractivity contribution in [2.75, 3.05) is 99.8 Å². The van der Waals surface area contributed by atoms with Gasteiger partial charge in [0.25, 0.3) is 37.6 Å². The van der Waals surface area contributed by atoms with Crippen LogP contribution in [0.25, 0.3) is 0 Å². The summed E-state index contributed by atoms with van der Waals surface area (Å²) in [5, 5.41) is 8.52. The second-order valence-corrected chi connectivity index (χ2v) is 30.7. The highest BCUT2D eigenvalue weighted by atomic mass is 32.2. The maximum atomic E-state index is 14.5. The van der Waals surface area contributed by atoms with Crippen molar-refractivity contribution >= 4 is 78.2 Å². The van der Waals surface area contributed by atoms with E-state index in [4.69, 9.17) is 0 Å². The van der Waals surface area contributed by atoms with Crippen LogP contribution in [0.4, 0.5) is 39.0 Å². The van der Waals surface area contributed by atoms with E-state index >= 15 is 0 Å². The molecule has 4 heterocycles. The second-order valence-electron chi connectivity index (χ2n) is 26.0. The number of nitrogens with zero attached hydrogens (tertiary/aromatic N) is 5. The van der Waals surface area contributed by atoms with Crippen molar-refractivity contribution in [2.24, 2.45) is 16.2 Å². The standard InChI is InChI=1S/C64H76F5N9O9S3/c1-61(2)23-21-43(49(36-61)62-39-63(40-62,41-62)60(65)66)37-76-31-33-77(34-32-76)45-15-13-42(14-16-45)56(80)73-90(86,87)47-17-18-50(53(35-47)89(84,85)64(67,68)69)71-44(38-88-46-9-4-3-5-10-46)22-26-75-29-27-74(28-30-75)25-7-6-24-70-51-12-8-11-48-55(51)59(83)78(58(48)82)52-19-20-54(79)72-57(52)81/h3-5,8-18,35,44,52,60,70-71H,6-7,19-34,36-41H2,1-2H3,(H,73,80)(H,72,79,81)/t44-,52?,62?,63?/m1/s1. The van der Waals surface area contributed by atoms with Gasteiger partial charge in [0.05, 0.1) is 21.7 Å². The molecule has 4 aliphatic heterocycles. The zero-order valence-electron chi connectivity index (χ0n) is 50.4. The first kappa shape index (κ1) is 65.1. The molecule has 4 aliphatic carbocycles. The Morgan fingerprint density at radius 3 is 2.11 bits per heavy atom. The summed E-state index contributed by atoms with van der Waals surface area (Å²) in [7, 11) is -11.1. The molecular formula is C64H76F5N9O9S3. The van der Waals surface area contributed by atoms with Gasteiger partial charge in [-0.2, -0.15) is 13.2 Å². The van der Waals surface area contributed by atoms with Gasteiger partial charge in [0.1, 0.15) is 10.9 Å². The number of carbonyl (C=O) groups is 5. The van der Waals surface area contributed by atoms with E-state index in [2.05, 4.69) is 49.4 Å². The number of benzene rings is 4. The Morgan fingerprint density at radius 2 is 1.44 bits per heavy atom. The van der Waals surface area contributed by atoms with Crippen molar-refractivity contribution in [2.45, 2.75) is 123 Å². The fourth-order valence-corrected chi connectivity index (χ4v) is 17.2. The van der Waals surface area contributed by atoms with Gasteiger partial charge in [-0.15, -0.1) is 11.8 Å². The minimum Gasteiger partial charge on any atom is -0.384 e. The molecule has 0 aromatic heterocycles. The van der Waals surface area contributed by atoms with E-state index in [-0.39, 0.29) is 40.4 Å². The average molecular weight is 1310 g/mol. The van der Waals surface area contributed by atoms with Crippen molar-refractivity contribution in [3.05, 3.63) is 119 Å². The Labute approximate surface area is 526 Å². The summed E-state index contributed by atoms with van der Waals surface area (Å²) in [4.78, 5) is 73.3. The van der Waals surface area contributed by atoms with Gasteiger partial charge in [-0.3, -0.25) is 39.1 Å². The molecule has 6 fully saturated rings. The summed E-state index contributed by atoms with van der Waals surface area (Å²) >= 11 is 1.42. The van der Waals surface area contributed by atoms with E-state index < -0.39 is 94.3 Å². The second kappa shape index (κ2) is 25.9. The van der Waals surface area contributed by atoms with Crippen LogP contribution in [0.3, 0.4) is 0 Å². The van der Waals surface area contributed by atoms with Crippen LogP contribution < -0.4 is 25.6 Å². The number of sulfone groups is 1. The largest absolute Gasteiger partial charge is 0.501 e. The number of anilines is 3. The van der Waals surface area contributed by atoms with Gasteiger partial charge in [-0.05, 0) is 148 Å².